The lowest BCUT2D eigenvalue weighted by molar-refractivity contribution is -0.130. The number of fused-ring (bicyclic) bond motifs is 1. The number of hydrogen-bond acceptors (Lipinski definition) is 5. The van der Waals surface area contributed by atoms with Crippen LogP contribution >= 0.6 is 0 Å². The van der Waals surface area contributed by atoms with Gasteiger partial charge in [0.15, 0.2) is 11.5 Å². The van der Waals surface area contributed by atoms with Crippen LogP contribution in [0.1, 0.15) is 24.8 Å². The van der Waals surface area contributed by atoms with Crippen molar-refractivity contribution in [2.24, 2.45) is 0 Å². The molecular weight excluding hydrogens is 392 g/mol. The van der Waals surface area contributed by atoms with Crippen molar-refractivity contribution in [3.05, 3.63) is 54.1 Å². The molecule has 0 bridgehead atoms. The molecule has 1 fully saturated rings. The molecule has 0 saturated carbocycles. The third kappa shape index (κ3) is 4.38. The minimum atomic E-state index is -3.45. The summed E-state index contributed by atoms with van der Waals surface area (Å²) < 4.78 is 38.2. The number of carbonyl (C=O) groups excluding carboxylic acids is 1. The summed E-state index contributed by atoms with van der Waals surface area (Å²) in [6, 6.07) is 13.9. The van der Waals surface area contributed by atoms with Gasteiger partial charge in [-0.2, -0.15) is 4.31 Å². The Balaban J connectivity index is 1.34. The first kappa shape index (κ1) is 19.7. The van der Waals surface area contributed by atoms with Crippen molar-refractivity contribution < 1.29 is 22.7 Å². The monoisotopic (exact) mass is 416 g/mol. The number of benzene rings is 2. The number of nitrogens with zero attached hydrogens (tertiary/aromatic N) is 1. The molecule has 2 aromatic carbocycles. The van der Waals surface area contributed by atoms with Gasteiger partial charge in [0.25, 0.3) is 5.91 Å². The van der Waals surface area contributed by atoms with Crippen LogP contribution in [0.15, 0.2) is 53.4 Å². The summed E-state index contributed by atoms with van der Waals surface area (Å²) in [6.45, 7) is 1.58. The van der Waals surface area contributed by atoms with Gasteiger partial charge >= 0.3 is 0 Å². The molecule has 1 saturated heterocycles. The molecule has 0 radical (unpaired) electrons. The second kappa shape index (κ2) is 8.42. The van der Waals surface area contributed by atoms with Crippen molar-refractivity contribution in [3.8, 4) is 11.5 Å². The third-order valence-electron chi connectivity index (χ3n) is 5.14. The quantitative estimate of drug-likeness (QED) is 0.809. The Morgan fingerprint density at radius 3 is 2.41 bits per heavy atom. The number of carbonyl (C=O) groups is 1. The van der Waals surface area contributed by atoms with Crippen molar-refractivity contribution >= 4 is 15.9 Å². The number of piperidine rings is 1. The average molecular weight is 416 g/mol. The summed E-state index contributed by atoms with van der Waals surface area (Å²) >= 11 is 0. The Bertz CT molecular complexity index is 969. The van der Waals surface area contributed by atoms with Crippen LogP contribution in [0.3, 0.4) is 0 Å². The van der Waals surface area contributed by atoms with Crippen LogP contribution < -0.4 is 14.8 Å². The van der Waals surface area contributed by atoms with Crippen molar-refractivity contribution in [2.45, 2.75) is 36.8 Å². The standard InChI is InChI=1S/C21H24N2O5S/c24-21(20-15-27-18-6-2-3-7-19(18)28-20)22-14-16-8-10-17(11-9-16)29(25,26)23-12-4-1-5-13-23/h2-3,6-11,20H,1,4-5,12-15H2,(H,22,24). The van der Waals surface area contributed by atoms with Crippen LogP contribution in [-0.2, 0) is 21.4 Å². The Hall–Kier alpha value is -2.58. The molecule has 1 amide bonds. The van der Waals surface area contributed by atoms with Crippen LogP contribution in [0.25, 0.3) is 0 Å². The maximum Gasteiger partial charge on any atom is 0.264 e. The molecule has 4 rings (SSSR count). The fraction of sp³-hybridized carbons (Fsp3) is 0.381. The molecule has 8 heteroatoms. The third-order valence-corrected chi connectivity index (χ3v) is 7.06. The molecule has 1 atom stereocenters. The first-order chi connectivity index (χ1) is 14.0. The van der Waals surface area contributed by atoms with Gasteiger partial charge < -0.3 is 14.8 Å². The van der Waals surface area contributed by atoms with Crippen LogP contribution in [-0.4, -0.2) is 44.4 Å². The number of ether oxygens (including phenoxy) is 2. The van der Waals surface area contributed by atoms with Gasteiger partial charge in [0.05, 0.1) is 4.90 Å². The smallest absolute Gasteiger partial charge is 0.264 e. The molecule has 2 heterocycles. The van der Waals surface area contributed by atoms with E-state index < -0.39 is 16.1 Å². The SMILES string of the molecule is O=C(NCc1ccc(S(=O)(=O)N2CCCCC2)cc1)C1COc2ccccc2O1. The molecule has 154 valence electrons. The second-order valence-corrected chi connectivity index (χ2v) is 9.13. The molecule has 1 N–H and O–H groups in total. The van der Waals surface area contributed by atoms with Gasteiger partial charge in [-0.3, -0.25) is 4.79 Å². The van der Waals surface area contributed by atoms with Crippen LogP contribution in [0.5, 0.6) is 11.5 Å². The fourth-order valence-electron chi connectivity index (χ4n) is 3.49. The average Bonchev–Trinajstić information content (AvgIpc) is 2.78. The van der Waals surface area contributed by atoms with E-state index in [4.69, 9.17) is 9.47 Å². The van der Waals surface area contributed by atoms with Gasteiger partial charge in [-0.25, -0.2) is 8.42 Å². The Morgan fingerprint density at radius 2 is 1.69 bits per heavy atom. The van der Waals surface area contributed by atoms with E-state index in [0.717, 1.165) is 24.8 Å². The van der Waals surface area contributed by atoms with E-state index in [1.807, 2.05) is 12.1 Å². The molecule has 7 nitrogen and oxygen atoms in total. The highest BCUT2D eigenvalue weighted by Crippen LogP contribution is 2.30. The van der Waals surface area contributed by atoms with E-state index in [2.05, 4.69) is 5.32 Å². The number of rotatable bonds is 5. The van der Waals surface area contributed by atoms with Gasteiger partial charge in [0.2, 0.25) is 16.1 Å². The maximum absolute atomic E-state index is 12.7. The Morgan fingerprint density at radius 1 is 1.00 bits per heavy atom. The van der Waals surface area contributed by atoms with Crippen molar-refractivity contribution in [1.29, 1.82) is 0 Å². The molecule has 1 unspecified atom stereocenters. The van der Waals surface area contributed by atoms with Gasteiger partial charge in [0.1, 0.15) is 6.61 Å². The number of hydrogen-bond donors (Lipinski definition) is 1. The van der Waals surface area contributed by atoms with Crippen molar-refractivity contribution in [1.82, 2.24) is 9.62 Å². The lowest BCUT2D eigenvalue weighted by Crippen LogP contribution is -2.43. The van der Waals surface area contributed by atoms with Crippen molar-refractivity contribution in [3.63, 3.8) is 0 Å². The van der Waals surface area contributed by atoms with E-state index in [0.29, 0.717) is 24.6 Å². The molecule has 0 spiro atoms. The van der Waals surface area contributed by atoms with Gasteiger partial charge in [0, 0.05) is 19.6 Å². The summed E-state index contributed by atoms with van der Waals surface area (Å²) in [5, 5.41) is 2.82. The first-order valence-corrected chi connectivity index (χ1v) is 11.2. The highest BCUT2D eigenvalue weighted by atomic mass is 32.2. The van der Waals surface area contributed by atoms with Crippen LogP contribution in [0.2, 0.25) is 0 Å². The lowest BCUT2D eigenvalue weighted by atomic mass is 10.2. The Kier molecular flexibility index (Phi) is 5.73. The van der Waals surface area contributed by atoms with E-state index in [-0.39, 0.29) is 24.0 Å². The summed E-state index contributed by atoms with van der Waals surface area (Å²) in [5.74, 6) is 0.901. The zero-order valence-electron chi connectivity index (χ0n) is 16.0. The molecule has 29 heavy (non-hydrogen) atoms. The number of nitrogens with one attached hydrogen (secondary N) is 1. The summed E-state index contributed by atoms with van der Waals surface area (Å²) in [6.07, 6.45) is 2.16. The highest BCUT2D eigenvalue weighted by molar-refractivity contribution is 7.89. The zero-order valence-corrected chi connectivity index (χ0v) is 16.9. The zero-order chi connectivity index (χ0) is 20.3. The van der Waals surface area contributed by atoms with Gasteiger partial charge in [-0.05, 0) is 42.7 Å². The summed E-state index contributed by atoms with van der Waals surface area (Å²) in [5.41, 5.74) is 0.813. The predicted molar refractivity (Wildman–Crippen MR) is 107 cm³/mol. The van der Waals surface area contributed by atoms with Crippen molar-refractivity contribution in [2.75, 3.05) is 19.7 Å². The minimum Gasteiger partial charge on any atom is -0.485 e. The summed E-state index contributed by atoms with van der Waals surface area (Å²) in [4.78, 5) is 12.7. The van der Waals surface area contributed by atoms with E-state index in [9.17, 15) is 13.2 Å². The number of para-hydroxylation sites is 2. The molecule has 0 aromatic heterocycles. The van der Waals surface area contributed by atoms with Gasteiger partial charge in [-0.1, -0.05) is 30.7 Å². The lowest BCUT2D eigenvalue weighted by Gasteiger charge is -2.26. The summed E-state index contributed by atoms with van der Waals surface area (Å²) in [7, 11) is -3.45. The van der Waals surface area contributed by atoms with E-state index in [1.54, 1.807) is 40.7 Å². The molecule has 2 aliphatic heterocycles. The van der Waals surface area contributed by atoms with E-state index >= 15 is 0 Å². The highest BCUT2D eigenvalue weighted by Gasteiger charge is 2.27. The van der Waals surface area contributed by atoms with E-state index in [1.165, 1.54) is 0 Å². The normalized spacial score (nSPS) is 19.5. The minimum absolute atomic E-state index is 0.149. The second-order valence-electron chi connectivity index (χ2n) is 7.19. The largest absolute Gasteiger partial charge is 0.485 e. The number of amides is 1. The van der Waals surface area contributed by atoms with Crippen LogP contribution in [0, 0.1) is 0 Å². The maximum atomic E-state index is 12.7. The molecular formula is C21H24N2O5S. The first-order valence-electron chi connectivity index (χ1n) is 9.79. The number of sulfonamides is 1. The Labute approximate surface area is 170 Å². The molecule has 2 aliphatic rings. The topological polar surface area (TPSA) is 84.9 Å². The fourth-order valence-corrected chi connectivity index (χ4v) is 5.00. The predicted octanol–water partition coefficient (Wildman–Crippen LogP) is 2.32. The molecule has 2 aromatic rings. The van der Waals surface area contributed by atoms with Gasteiger partial charge in [-0.15, -0.1) is 0 Å². The molecule has 0 aliphatic carbocycles. The van der Waals surface area contributed by atoms with Crippen LogP contribution in [0.4, 0.5) is 0 Å².